The van der Waals surface area contributed by atoms with Crippen LogP contribution in [0.3, 0.4) is 0 Å². The number of alkyl halides is 3. The number of hydrogen-bond acceptors (Lipinski definition) is 6. The number of sulfonamides is 1. The minimum absolute atomic E-state index is 0.143. The van der Waals surface area contributed by atoms with Crippen LogP contribution in [-0.2, 0) is 27.8 Å². The van der Waals surface area contributed by atoms with Gasteiger partial charge in [0.25, 0.3) is 0 Å². The summed E-state index contributed by atoms with van der Waals surface area (Å²) in [6.45, 7) is 4.49. The van der Waals surface area contributed by atoms with Crippen LogP contribution in [0.5, 0.6) is 0 Å². The van der Waals surface area contributed by atoms with Crippen LogP contribution in [-0.4, -0.2) is 64.8 Å². The number of carboxylic acids is 1. The van der Waals surface area contributed by atoms with Crippen molar-refractivity contribution in [1.29, 1.82) is 0 Å². The smallest absolute Gasteiger partial charge is 0.475 e. The van der Waals surface area contributed by atoms with Gasteiger partial charge in [-0.3, -0.25) is 0 Å². The Hall–Kier alpha value is -2.44. The number of carboxylic acid groups (broad SMARTS) is 1. The molecule has 4 rings (SSSR count). The summed E-state index contributed by atoms with van der Waals surface area (Å²) in [6, 6.07) is 7.43. The van der Waals surface area contributed by atoms with E-state index in [1.54, 1.807) is 10.4 Å². The Kier molecular flexibility index (Phi) is 8.60. The summed E-state index contributed by atoms with van der Waals surface area (Å²) in [4.78, 5) is 19.9. The molecule has 0 amide bonds. The van der Waals surface area contributed by atoms with Crippen LogP contribution in [0, 0.1) is 5.92 Å². The Morgan fingerprint density at radius 1 is 1.17 bits per heavy atom. The molecule has 0 aliphatic carbocycles. The lowest BCUT2D eigenvalue weighted by Gasteiger charge is -2.22. The van der Waals surface area contributed by atoms with Gasteiger partial charge in [0, 0.05) is 43.6 Å². The molecule has 1 aromatic heterocycles. The van der Waals surface area contributed by atoms with Crippen molar-refractivity contribution in [1.82, 2.24) is 14.3 Å². The van der Waals surface area contributed by atoms with Crippen LogP contribution in [0.25, 0.3) is 0 Å². The van der Waals surface area contributed by atoms with Gasteiger partial charge in [0.1, 0.15) is 0 Å². The van der Waals surface area contributed by atoms with Gasteiger partial charge in [-0.05, 0) is 48.4 Å². The quantitative estimate of drug-likeness (QED) is 0.637. The van der Waals surface area contributed by atoms with Crippen LogP contribution in [0.1, 0.15) is 30.9 Å². The third-order valence-electron chi connectivity index (χ3n) is 6.03. The van der Waals surface area contributed by atoms with Crippen LogP contribution < -0.4 is 4.90 Å². The maximum atomic E-state index is 13.1. The topological polar surface area (TPSA) is 104 Å². The molecule has 2 aromatic rings. The Labute approximate surface area is 206 Å². The fourth-order valence-electron chi connectivity index (χ4n) is 4.18. The monoisotopic (exact) mass is 534 g/mol. The number of hydrogen-bond donors (Lipinski definition) is 1. The molecule has 0 spiro atoms. The molecule has 35 heavy (non-hydrogen) atoms. The maximum absolute atomic E-state index is 13.1. The summed E-state index contributed by atoms with van der Waals surface area (Å²) in [6.07, 6.45) is 0.979. The normalized spacial score (nSPS) is 22.0. The zero-order valence-electron chi connectivity index (χ0n) is 18.9. The first-order valence-corrected chi connectivity index (χ1v) is 12.9. The molecular formula is C22H26ClF3N4O4S. The fourth-order valence-corrected chi connectivity index (χ4v) is 6.62. The van der Waals surface area contributed by atoms with E-state index in [1.807, 2.05) is 30.6 Å². The van der Waals surface area contributed by atoms with Crippen molar-refractivity contribution in [2.75, 3.05) is 24.5 Å². The Balaban J connectivity index is 0.000000429. The summed E-state index contributed by atoms with van der Waals surface area (Å²) in [5.74, 6) is -1.91. The number of benzene rings is 1. The molecule has 0 radical (unpaired) electrons. The molecular weight excluding hydrogens is 509 g/mol. The van der Waals surface area contributed by atoms with Crippen LogP contribution in [0.4, 0.5) is 19.1 Å². The third kappa shape index (κ3) is 6.83. The molecule has 0 unspecified atom stereocenters. The number of anilines is 1. The molecule has 2 fully saturated rings. The zero-order valence-corrected chi connectivity index (χ0v) is 20.5. The highest BCUT2D eigenvalue weighted by molar-refractivity contribution is 7.90. The van der Waals surface area contributed by atoms with Crippen molar-refractivity contribution in [3.05, 3.63) is 52.8 Å². The van der Waals surface area contributed by atoms with E-state index < -0.39 is 22.2 Å². The molecule has 2 aliphatic heterocycles. The van der Waals surface area contributed by atoms with E-state index >= 15 is 0 Å². The van der Waals surface area contributed by atoms with Gasteiger partial charge in [0.05, 0.1) is 5.25 Å². The van der Waals surface area contributed by atoms with Gasteiger partial charge in [0.2, 0.25) is 16.0 Å². The van der Waals surface area contributed by atoms with Gasteiger partial charge in [0.15, 0.2) is 0 Å². The lowest BCUT2D eigenvalue weighted by Crippen LogP contribution is -2.32. The highest BCUT2D eigenvalue weighted by Gasteiger charge is 2.47. The second-order valence-electron chi connectivity index (χ2n) is 8.38. The van der Waals surface area contributed by atoms with E-state index in [4.69, 9.17) is 21.5 Å². The molecule has 192 valence electrons. The number of nitrogens with zero attached hydrogens (tertiary/aromatic N) is 4. The molecule has 13 heteroatoms. The molecule has 3 heterocycles. The van der Waals surface area contributed by atoms with E-state index in [0.717, 1.165) is 30.5 Å². The molecule has 0 saturated carbocycles. The highest BCUT2D eigenvalue weighted by Crippen LogP contribution is 2.36. The van der Waals surface area contributed by atoms with Gasteiger partial charge in [-0.2, -0.15) is 17.5 Å². The fraction of sp³-hybridized carbons (Fsp3) is 0.500. The Bertz CT molecular complexity index is 1130. The number of aryl methyl sites for hydroxylation is 1. The van der Waals surface area contributed by atoms with E-state index in [-0.39, 0.29) is 11.2 Å². The summed E-state index contributed by atoms with van der Waals surface area (Å²) < 4.78 is 59.6. The molecule has 1 aromatic carbocycles. The van der Waals surface area contributed by atoms with Gasteiger partial charge in [-0.25, -0.2) is 23.2 Å². The van der Waals surface area contributed by atoms with Crippen molar-refractivity contribution in [2.24, 2.45) is 5.92 Å². The van der Waals surface area contributed by atoms with Crippen LogP contribution in [0.15, 0.2) is 36.7 Å². The minimum atomic E-state index is -5.08. The largest absolute Gasteiger partial charge is 0.490 e. The van der Waals surface area contributed by atoms with E-state index in [2.05, 4.69) is 21.8 Å². The van der Waals surface area contributed by atoms with Gasteiger partial charge in [-0.1, -0.05) is 30.7 Å². The number of carbonyl (C=O) groups is 1. The maximum Gasteiger partial charge on any atom is 0.490 e. The molecule has 2 aliphatic rings. The second-order valence-corrected chi connectivity index (χ2v) is 11.0. The second kappa shape index (κ2) is 11.1. The minimum Gasteiger partial charge on any atom is -0.475 e. The van der Waals surface area contributed by atoms with E-state index in [1.165, 1.54) is 0 Å². The summed E-state index contributed by atoms with van der Waals surface area (Å²) >= 11 is 6.05. The molecule has 1 N–H and O–H groups in total. The molecule has 0 bridgehead atoms. The molecule has 2 saturated heterocycles. The zero-order chi connectivity index (χ0) is 25.8. The number of halogens is 4. The van der Waals surface area contributed by atoms with E-state index in [0.29, 0.717) is 37.0 Å². The average Bonchev–Trinajstić information content (AvgIpc) is 2.93. The van der Waals surface area contributed by atoms with Crippen molar-refractivity contribution in [3.63, 3.8) is 0 Å². The Morgan fingerprint density at radius 2 is 1.80 bits per heavy atom. The summed E-state index contributed by atoms with van der Waals surface area (Å²) in [5.41, 5.74) is 2.04. The van der Waals surface area contributed by atoms with Gasteiger partial charge in [-0.15, -0.1) is 0 Å². The summed E-state index contributed by atoms with van der Waals surface area (Å²) in [5, 5.41) is 7.43. The predicted octanol–water partition coefficient (Wildman–Crippen LogP) is 3.76. The van der Waals surface area contributed by atoms with Crippen molar-refractivity contribution >= 4 is 33.5 Å². The Morgan fingerprint density at radius 3 is 2.37 bits per heavy atom. The van der Waals surface area contributed by atoms with E-state index in [9.17, 15) is 21.6 Å². The molecule has 8 nitrogen and oxygen atoms in total. The number of aromatic nitrogens is 2. The van der Waals surface area contributed by atoms with Gasteiger partial charge >= 0.3 is 12.1 Å². The third-order valence-corrected chi connectivity index (χ3v) is 8.65. The lowest BCUT2D eigenvalue weighted by atomic mass is 10.0. The van der Waals surface area contributed by atoms with Crippen molar-refractivity contribution < 1.29 is 31.5 Å². The predicted molar refractivity (Wildman–Crippen MR) is 125 cm³/mol. The molecule has 2 atom stereocenters. The lowest BCUT2D eigenvalue weighted by molar-refractivity contribution is -0.192. The number of fused-ring (bicyclic) bond motifs is 1. The first-order chi connectivity index (χ1) is 16.4. The van der Waals surface area contributed by atoms with Crippen LogP contribution in [0.2, 0.25) is 5.02 Å². The first-order valence-electron chi connectivity index (χ1n) is 11.0. The SMILES string of the molecule is CCc1cnc(N2CC[C@@H]3CN(Cc4cccc(Cl)c4)S(=O)(=O)[C@@H]3CC2)nc1.O=C(O)C(F)(F)F. The van der Waals surface area contributed by atoms with Gasteiger partial charge < -0.3 is 10.0 Å². The van der Waals surface area contributed by atoms with Crippen molar-refractivity contribution in [2.45, 2.75) is 44.2 Å². The standard InChI is InChI=1S/C20H25ClN4O2S.C2HF3O2/c1-2-15-11-22-20(23-12-15)24-8-6-17-14-25(28(26,27)19(17)7-9-24)13-16-4-3-5-18(21)10-16;3-2(4,5)1(6)7/h3-5,10-12,17,19H,2,6-9,13-14H2,1H3;(H,6,7)/t17-,19-;/m1./s1. The summed E-state index contributed by atoms with van der Waals surface area (Å²) in [7, 11) is -3.32. The number of rotatable bonds is 4. The van der Waals surface area contributed by atoms with Crippen LogP contribution >= 0.6 is 11.6 Å². The highest BCUT2D eigenvalue weighted by atomic mass is 35.5. The number of aliphatic carboxylic acids is 1. The van der Waals surface area contributed by atoms with Crippen molar-refractivity contribution in [3.8, 4) is 0 Å². The first kappa shape index (κ1) is 27.2. The average molecular weight is 535 g/mol.